The molecule has 1 aromatic heterocycles. The topological polar surface area (TPSA) is 123 Å². The van der Waals surface area contributed by atoms with Gasteiger partial charge in [-0.2, -0.15) is 0 Å². The number of sulfonamides is 1. The van der Waals surface area contributed by atoms with Crippen LogP contribution in [0.5, 0.6) is 0 Å². The molecule has 0 saturated carbocycles. The number of rotatable bonds is 3. The van der Waals surface area contributed by atoms with Gasteiger partial charge >= 0.3 is 0 Å². The highest BCUT2D eigenvalue weighted by Crippen LogP contribution is 2.39. The van der Waals surface area contributed by atoms with Crippen molar-refractivity contribution in [2.24, 2.45) is 5.14 Å². The lowest BCUT2D eigenvalue weighted by atomic mass is 10.1. The van der Waals surface area contributed by atoms with Gasteiger partial charge in [0.05, 0.1) is 11.8 Å². The molecule has 1 aliphatic heterocycles. The summed E-state index contributed by atoms with van der Waals surface area (Å²) in [7, 11) is -7.44. The van der Waals surface area contributed by atoms with Crippen molar-refractivity contribution in [1.29, 1.82) is 0 Å². The number of fused-ring (bicyclic) bond motifs is 1. The van der Waals surface area contributed by atoms with Gasteiger partial charge in [-0.05, 0) is 12.5 Å². The third kappa shape index (κ3) is 2.28. The summed E-state index contributed by atoms with van der Waals surface area (Å²) in [5.74, 6) is -0.129. The Hall–Kier alpha value is -0.970. The van der Waals surface area contributed by atoms with Crippen LogP contribution in [0.15, 0.2) is 14.5 Å². The van der Waals surface area contributed by atoms with Crippen LogP contribution in [0.25, 0.3) is 0 Å². The minimum atomic E-state index is -3.95. The van der Waals surface area contributed by atoms with E-state index in [4.69, 9.17) is 5.14 Å². The van der Waals surface area contributed by atoms with Crippen molar-refractivity contribution < 1.29 is 21.6 Å². The van der Waals surface area contributed by atoms with Gasteiger partial charge in [-0.25, -0.2) is 22.0 Å². The van der Waals surface area contributed by atoms with Gasteiger partial charge in [0, 0.05) is 5.56 Å². The zero-order chi connectivity index (χ0) is 13.6. The molecule has 0 aromatic carbocycles. The average Bonchev–Trinajstić information content (AvgIpc) is 2.68. The summed E-state index contributed by atoms with van der Waals surface area (Å²) >= 11 is 0.622. The Morgan fingerprint density at radius 3 is 2.72 bits per heavy atom. The van der Waals surface area contributed by atoms with Gasteiger partial charge in [0.25, 0.3) is 0 Å². The zero-order valence-corrected chi connectivity index (χ0v) is 11.4. The highest BCUT2D eigenvalue weighted by molar-refractivity contribution is 7.95. The van der Waals surface area contributed by atoms with Crippen molar-refractivity contribution in [2.45, 2.75) is 20.9 Å². The first-order valence-electron chi connectivity index (χ1n) is 4.84. The molecule has 0 radical (unpaired) electrons. The molecule has 1 unspecified atom stereocenters. The van der Waals surface area contributed by atoms with E-state index in [2.05, 4.69) is 5.32 Å². The maximum absolute atomic E-state index is 11.8. The number of hydrogen-bond donors (Lipinski definition) is 2. The van der Waals surface area contributed by atoms with Crippen LogP contribution < -0.4 is 10.5 Å². The summed E-state index contributed by atoms with van der Waals surface area (Å²) in [6.45, 7) is 0. The number of thiophene rings is 1. The largest absolute Gasteiger partial charge is 0.352 e. The van der Waals surface area contributed by atoms with Crippen molar-refractivity contribution in [3.63, 3.8) is 0 Å². The Balaban J connectivity index is 2.63. The summed E-state index contributed by atoms with van der Waals surface area (Å²) in [6.07, 6.45) is 0.676. The molecule has 1 aliphatic rings. The van der Waals surface area contributed by atoms with Gasteiger partial charge < -0.3 is 5.32 Å². The summed E-state index contributed by atoms with van der Waals surface area (Å²) in [5.41, 5.74) is 0.294. The predicted molar refractivity (Wildman–Crippen MR) is 64.3 cm³/mol. The normalized spacial score (nSPS) is 22.2. The molecular weight excluding hydrogens is 300 g/mol. The van der Waals surface area contributed by atoms with Crippen molar-refractivity contribution in [3.05, 3.63) is 11.6 Å². The fourth-order valence-corrected chi connectivity index (χ4v) is 5.94. The first-order valence-corrected chi connectivity index (χ1v) is 8.86. The van der Waals surface area contributed by atoms with E-state index in [-0.39, 0.29) is 20.6 Å². The molecule has 1 atom stereocenters. The van der Waals surface area contributed by atoms with E-state index in [1.807, 2.05) is 0 Å². The van der Waals surface area contributed by atoms with E-state index in [0.29, 0.717) is 23.3 Å². The van der Waals surface area contributed by atoms with E-state index in [1.54, 1.807) is 0 Å². The Morgan fingerprint density at radius 2 is 2.17 bits per heavy atom. The third-order valence-electron chi connectivity index (χ3n) is 2.59. The van der Waals surface area contributed by atoms with E-state index in [0.717, 1.165) is 0 Å². The number of sulfone groups is 1. The summed E-state index contributed by atoms with van der Waals surface area (Å²) in [4.78, 5) is 10.4. The lowest BCUT2D eigenvalue weighted by Crippen LogP contribution is -2.27. The van der Waals surface area contributed by atoms with Crippen molar-refractivity contribution in [1.82, 2.24) is 5.32 Å². The van der Waals surface area contributed by atoms with E-state index in [1.165, 1.54) is 6.07 Å². The highest BCUT2D eigenvalue weighted by atomic mass is 32.3. The Kier molecular flexibility index (Phi) is 3.21. The van der Waals surface area contributed by atoms with Crippen LogP contribution >= 0.6 is 11.3 Å². The number of primary sulfonamides is 1. The Bertz CT molecular complexity index is 688. The minimum Gasteiger partial charge on any atom is -0.352 e. The first kappa shape index (κ1) is 13.5. The van der Waals surface area contributed by atoms with E-state index in [9.17, 15) is 21.6 Å². The number of nitrogens with two attached hydrogens (primary N) is 1. The number of carbonyl (C=O) groups excluding carboxylic acids is 1. The van der Waals surface area contributed by atoms with Crippen molar-refractivity contribution in [2.75, 3.05) is 5.75 Å². The number of carbonyl (C=O) groups is 1. The fraction of sp³-hybridized carbons (Fsp3) is 0.375. The minimum absolute atomic E-state index is 0.0304. The van der Waals surface area contributed by atoms with Crippen LogP contribution in [0.1, 0.15) is 18.0 Å². The van der Waals surface area contributed by atoms with Crippen LogP contribution in [0.4, 0.5) is 0 Å². The van der Waals surface area contributed by atoms with Crippen LogP contribution in [0.3, 0.4) is 0 Å². The van der Waals surface area contributed by atoms with Gasteiger partial charge in [-0.3, -0.25) is 4.79 Å². The number of nitrogens with one attached hydrogen (secondary N) is 1. The number of hydrogen-bond acceptors (Lipinski definition) is 6. The van der Waals surface area contributed by atoms with Gasteiger partial charge in [-0.1, -0.05) is 0 Å². The van der Waals surface area contributed by atoms with Crippen molar-refractivity contribution >= 4 is 37.6 Å². The average molecular weight is 310 g/mol. The van der Waals surface area contributed by atoms with Gasteiger partial charge in [0.15, 0.2) is 9.84 Å². The highest BCUT2D eigenvalue weighted by Gasteiger charge is 2.34. The Morgan fingerprint density at radius 1 is 1.50 bits per heavy atom. The van der Waals surface area contributed by atoms with E-state index < -0.39 is 25.9 Å². The van der Waals surface area contributed by atoms with Crippen LogP contribution in [-0.2, 0) is 24.7 Å². The number of amides is 1. The molecule has 1 amide bonds. The lowest BCUT2D eigenvalue weighted by molar-refractivity contribution is -0.110. The van der Waals surface area contributed by atoms with Crippen LogP contribution in [0, 0.1) is 0 Å². The lowest BCUT2D eigenvalue weighted by Gasteiger charge is -2.21. The molecular formula is C8H10N2O5S3. The molecule has 100 valence electrons. The first-order chi connectivity index (χ1) is 8.25. The second kappa shape index (κ2) is 4.30. The van der Waals surface area contributed by atoms with Gasteiger partial charge in [0.1, 0.15) is 8.42 Å². The standard InChI is InChI=1S/C8H10N2O5S3/c9-18(14,15)7-3-5-6(10-4-11)1-2-17(12,13)8(5)16-7/h3-4,6H,1-2H2,(H,10,11)(H2,9,14,15). The quantitative estimate of drug-likeness (QED) is 0.719. The molecule has 10 heteroatoms. The molecule has 3 N–H and O–H groups in total. The monoisotopic (exact) mass is 310 g/mol. The predicted octanol–water partition coefficient (Wildman–Crippen LogP) is -0.640. The van der Waals surface area contributed by atoms with E-state index >= 15 is 0 Å². The van der Waals surface area contributed by atoms with Gasteiger partial charge in [0.2, 0.25) is 16.4 Å². The molecule has 18 heavy (non-hydrogen) atoms. The third-order valence-corrected chi connectivity index (χ3v) is 7.54. The maximum atomic E-state index is 11.8. The Labute approximate surface area is 108 Å². The maximum Gasteiger partial charge on any atom is 0.247 e. The van der Waals surface area contributed by atoms with Gasteiger partial charge in [-0.15, -0.1) is 11.3 Å². The molecule has 0 fully saturated rings. The molecule has 7 nitrogen and oxygen atoms in total. The van der Waals surface area contributed by atoms with Crippen molar-refractivity contribution in [3.8, 4) is 0 Å². The molecule has 0 bridgehead atoms. The molecule has 2 heterocycles. The molecule has 0 spiro atoms. The molecule has 2 rings (SSSR count). The second-order valence-corrected chi connectivity index (χ2v) is 8.94. The SMILES string of the molecule is NS(=O)(=O)c1cc2c(s1)S(=O)(=O)CCC2NC=O. The van der Waals surface area contributed by atoms with Crippen LogP contribution in [0.2, 0.25) is 0 Å². The van der Waals surface area contributed by atoms with Crippen LogP contribution in [-0.4, -0.2) is 29.0 Å². The summed E-state index contributed by atoms with van der Waals surface area (Å²) in [6, 6.07) is 0.723. The zero-order valence-electron chi connectivity index (χ0n) is 8.99. The molecule has 0 aliphatic carbocycles. The fourth-order valence-electron chi connectivity index (χ4n) is 1.77. The summed E-state index contributed by atoms with van der Waals surface area (Å²) < 4.78 is 45.9. The summed E-state index contributed by atoms with van der Waals surface area (Å²) in [5, 5.41) is 7.44. The molecule has 1 aromatic rings. The second-order valence-electron chi connectivity index (χ2n) is 3.80. The molecule has 0 saturated heterocycles. The smallest absolute Gasteiger partial charge is 0.247 e.